The molecule has 0 fully saturated rings. The number of nitrogens with one attached hydrogen (secondary N) is 1. The lowest BCUT2D eigenvalue weighted by molar-refractivity contribution is 0.639. The molecule has 3 N–H and O–H groups in total. The molecule has 0 aliphatic heterocycles. The van der Waals surface area contributed by atoms with Crippen LogP contribution in [0.1, 0.15) is 19.8 Å². The molecule has 0 radical (unpaired) electrons. The van der Waals surface area contributed by atoms with Crippen LogP contribution in [0.2, 0.25) is 5.02 Å². The fraction of sp³-hybridized carbons (Fsp3) is 0.556. The highest BCUT2D eigenvalue weighted by atomic mass is 35.5. The minimum Gasteiger partial charge on any atom is -0.366 e. The van der Waals surface area contributed by atoms with Crippen molar-refractivity contribution in [3.63, 3.8) is 0 Å². The highest BCUT2D eigenvalue weighted by Gasteiger charge is 2.07. The summed E-state index contributed by atoms with van der Waals surface area (Å²) in [5, 5.41) is 3.78. The van der Waals surface area contributed by atoms with E-state index in [2.05, 4.69) is 22.2 Å². The predicted molar refractivity (Wildman–Crippen MR) is 58.4 cm³/mol. The Morgan fingerprint density at radius 1 is 1.64 bits per heavy atom. The monoisotopic (exact) mass is 214 g/mol. The van der Waals surface area contributed by atoms with Gasteiger partial charge >= 0.3 is 0 Å². The number of halogens is 1. The summed E-state index contributed by atoms with van der Waals surface area (Å²) >= 11 is 5.91. The number of hydrogen-bond donors (Lipinski definition) is 2. The van der Waals surface area contributed by atoms with Crippen LogP contribution in [0.4, 0.5) is 5.82 Å². The SMILES string of the molecule is CCC(CCN)Nc1ncncc1Cl. The lowest BCUT2D eigenvalue weighted by Crippen LogP contribution is -2.22. The van der Waals surface area contributed by atoms with Gasteiger partial charge in [-0.3, -0.25) is 0 Å². The minimum atomic E-state index is 0.326. The van der Waals surface area contributed by atoms with Gasteiger partial charge in [-0.15, -0.1) is 0 Å². The van der Waals surface area contributed by atoms with Gasteiger partial charge in [0.25, 0.3) is 0 Å². The minimum absolute atomic E-state index is 0.326. The molecule has 0 aliphatic carbocycles. The first-order valence-corrected chi connectivity index (χ1v) is 5.07. The zero-order valence-electron chi connectivity index (χ0n) is 8.20. The molecule has 0 aliphatic rings. The van der Waals surface area contributed by atoms with Crippen molar-refractivity contribution in [2.45, 2.75) is 25.8 Å². The normalized spacial score (nSPS) is 12.5. The van der Waals surface area contributed by atoms with Crippen molar-refractivity contribution in [2.75, 3.05) is 11.9 Å². The smallest absolute Gasteiger partial charge is 0.148 e. The molecular weight excluding hydrogens is 200 g/mol. The van der Waals surface area contributed by atoms with Gasteiger partial charge in [-0.05, 0) is 19.4 Å². The zero-order chi connectivity index (χ0) is 10.4. The fourth-order valence-electron chi connectivity index (χ4n) is 1.19. The highest BCUT2D eigenvalue weighted by Crippen LogP contribution is 2.18. The fourth-order valence-corrected chi connectivity index (χ4v) is 1.35. The van der Waals surface area contributed by atoms with Crippen LogP contribution in [-0.2, 0) is 0 Å². The quantitative estimate of drug-likeness (QED) is 0.783. The maximum Gasteiger partial charge on any atom is 0.148 e. The predicted octanol–water partition coefficient (Wildman–Crippen LogP) is 1.67. The second kappa shape index (κ2) is 5.78. The van der Waals surface area contributed by atoms with Crippen LogP contribution in [0.5, 0.6) is 0 Å². The van der Waals surface area contributed by atoms with Gasteiger partial charge in [0.2, 0.25) is 0 Å². The molecule has 4 nitrogen and oxygen atoms in total. The molecule has 1 heterocycles. The Labute approximate surface area is 88.9 Å². The molecule has 1 aromatic heterocycles. The van der Waals surface area contributed by atoms with E-state index in [1.54, 1.807) is 6.20 Å². The van der Waals surface area contributed by atoms with Crippen molar-refractivity contribution in [3.05, 3.63) is 17.5 Å². The van der Waals surface area contributed by atoms with Gasteiger partial charge < -0.3 is 11.1 Å². The Morgan fingerprint density at radius 2 is 2.43 bits per heavy atom. The maximum atomic E-state index is 5.91. The number of anilines is 1. The second-order valence-electron chi connectivity index (χ2n) is 3.05. The first kappa shape index (κ1) is 11.2. The van der Waals surface area contributed by atoms with Crippen LogP contribution in [0.25, 0.3) is 0 Å². The van der Waals surface area contributed by atoms with Gasteiger partial charge in [0, 0.05) is 6.04 Å². The first-order valence-electron chi connectivity index (χ1n) is 4.70. The van der Waals surface area contributed by atoms with Gasteiger partial charge in [-0.2, -0.15) is 0 Å². The molecule has 1 aromatic rings. The molecule has 0 saturated carbocycles. The summed E-state index contributed by atoms with van der Waals surface area (Å²) in [6, 6.07) is 0.326. The van der Waals surface area contributed by atoms with E-state index < -0.39 is 0 Å². The van der Waals surface area contributed by atoms with Gasteiger partial charge in [-0.25, -0.2) is 9.97 Å². The summed E-state index contributed by atoms with van der Waals surface area (Å²) in [7, 11) is 0. The number of hydrogen-bond acceptors (Lipinski definition) is 4. The van der Waals surface area contributed by atoms with Gasteiger partial charge in [0.1, 0.15) is 17.2 Å². The molecule has 14 heavy (non-hydrogen) atoms. The third-order valence-electron chi connectivity index (χ3n) is 2.02. The molecule has 0 spiro atoms. The number of nitrogens with two attached hydrogens (primary N) is 1. The molecule has 0 aromatic carbocycles. The van der Waals surface area contributed by atoms with E-state index in [0.717, 1.165) is 12.8 Å². The lowest BCUT2D eigenvalue weighted by Gasteiger charge is -2.16. The largest absolute Gasteiger partial charge is 0.366 e. The average Bonchev–Trinajstić information content (AvgIpc) is 2.20. The van der Waals surface area contributed by atoms with E-state index >= 15 is 0 Å². The number of aromatic nitrogens is 2. The number of rotatable bonds is 5. The van der Waals surface area contributed by atoms with Gasteiger partial charge in [0.05, 0.1) is 6.20 Å². The van der Waals surface area contributed by atoms with Crippen molar-refractivity contribution < 1.29 is 0 Å². The van der Waals surface area contributed by atoms with Crippen LogP contribution in [0, 0.1) is 0 Å². The molecule has 0 amide bonds. The van der Waals surface area contributed by atoms with Crippen LogP contribution < -0.4 is 11.1 Å². The van der Waals surface area contributed by atoms with E-state index in [1.165, 1.54) is 6.33 Å². The topological polar surface area (TPSA) is 63.8 Å². The summed E-state index contributed by atoms with van der Waals surface area (Å²) in [6.07, 6.45) is 4.96. The number of nitrogens with zero attached hydrogens (tertiary/aromatic N) is 2. The molecule has 0 saturated heterocycles. The summed E-state index contributed by atoms with van der Waals surface area (Å²) in [5.41, 5.74) is 5.49. The first-order chi connectivity index (χ1) is 6.77. The molecule has 1 atom stereocenters. The van der Waals surface area contributed by atoms with E-state index in [4.69, 9.17) is 17.3 Å². The molecular formula is C9H15ClN4. The average molecular weight is 215 g/mol. The summed E-state index contributed by atoms with van der Waals surface area (Å²) in [5.74, 6) is 0.682. The van der Waals surface area contributed by atoms with Crippen molar-refractivity contribution in [2.24, 2.45) is 5.73 Å². The molecule has 5 heteroatoms. The van der Waals surface area contributed by atoms with Gasteiger partial charge in [-0.1, -0.05) is 18.5 Å². The molecule has 1 rings (SSSR count). The third-order valence-corrected chi connectivity index (χ3v) is 2.29. The van der Waals surface area contributed by atoms with Crippen molar-refractivity contribution in [1.82, 2.24) is 9.97 Å². The highest BCUT2D eigenvalue weighted by molar-refractivity contribution is 6.32. The van der Waals surface area contributed by atoms with E-state index in [-0.39, 0.29) is 0 Å². The summed E-state index contributed by atoms with van der Waals surface area (Å²) < 4.78 is 0. The third kappa shape index (κ3) is 3.12. The van der Waals surface area contributed by atoms with Crippen LogP contribution >= 0.6 is 11.6 Å². The Balaban J connectivity index is 2.62. The van der Waals surface area contributed by atoms with Crippen molar-refractivity contribution in [3.8, 4) is 0 Å². The Hall–Kier alpha value is -0.870. The van der Waals surface area contributed by atoms with Crippen LogP contribution in [-0.4, -0.2) is 22.6 Å². The van der Waals surface area contributed by atoms with Gasteiger partial charge in [0.15, 0.2) is 0 Å². The zero-order valence-corrected chi connectivity index (χ0v) is 8.96. The van der Waals surface area contributed by atoms with Crippen LogP contribution in [0.3, 0.4) is 0 Å². The summed E-state index contributed by atoms with van der Waals surface area (Å²) in [4.78, 5) is 7.87. The standard InChI is InChI=1S/C9H15ClN4/c1-2-7(3-4-11)14-9-8(10)5-12-6-13-9/h5-7H,2-4,11H2,1H3,(H,12,13,14). The maximum absolute atomic E-state index is 5.91. The molecule has 0 bridgehead atoms. The molecule has 1 unspecified atom stereocenters. The van der Waals surface area contributed by atoms with E-state index in [9.17, 15) is 0 Å². The van der Waals surface area contributed by atoms with Crippen molar-refractivity contribution >= 4 is 17.4 Å². The van der Waals surface area contributed by atoms with Crippen molar-refractivity contribution in [1.29, 1.82) is 0 Å². The molecule has 78 valence electrons. The van der Waals surface area contributed by atoms with Crippen LogP contribution in [0.15, 0.2) is 12.5 Å². The van der Waals surface area contributed by atoms with E-state index in [0.29, 0.717) is 23.4 Å². The Bertz CT molecular complexity index is 279. The summed E-state index contributed by atoms with van der Waals surface area (Å²) in [6.45, 7) is 2.76. The lowest BCUT2D eigenvalue weighted by atomic mass is 10.1. The van der Waals surface area contributed by atoms with E-state index in [1.807, 2.05) is 0 Å². The Morgan fingerprint density at radius 3 is 3.00 bits per heavy atom. The Kier molecular flexibility index (Phi) is 4.62. The second-order valence-corrected chi connectivity index (χ2v) is 3.45.